The Labute approximate surface area is 239 Å². The van der Waals surface area contributed by atoms with Gasteiger partial charge in [0.15, 0.2) is 0 Å². The highest BCUT2D eigenvalue weighted by molar-refractivity contribution is 7.13. The van der Waals surface area contributed by atoms with Gasteiger partial charge in [-0.3, -0.25) is 9.78 Å². The first-order chi connectivity index (χ1) is 19.5. The topological polar surface area (TPSA) is 84.7 Å². The number of furan rings is 1. The van der Waals surface area contributed by atoms with Crippen LogP contribution in [-0.4, -0.2) is 23.3 Å². The molecule has 0 spiro atoms. The highest BCUT2D eigenvalue weighted by Gasteiger charge is 2.10. The maximum absolute atomic E-state index is 11.5. The molecule has 2 aromatic carbocycles. The monoisotopic (exact) mass is 559 g/mol. The molecule has 40 heavy (non-hydrogen) atoms. The van der Waals surface area contributed by atoms with Crippen LogP contribution in [0, 0.1) is 0 Å². The van der Waals surface area contributed by atoms with Crippen molar-refractivity contribution in [3.63, 3.8) is 0 Å². The molecular weight excluding hydrogens is 522 g/mol. The number of allylic oxidation sites excluding steroid dienone is 2. The second kappa shape index (κ2) is 15.0. The van der Waals surface area contributed by atoms with Crippen LogP contribution in [0.1, 0.15) is 56.2 Å². The fourth-order valence-electron chi connectivity index (χ4n) is 4.40. The van der Waals surface area contributed by atoms with Crippen molar-refractivity contribution < 1.29 is 19.0 Å². The van der Waals surface area contributed by atoms with Gasteiger partial charge in [0.25, 0.3) is 0 Å². The summed E-state index contributed by atoms with van der Waals surface area (Å²) in [5.74, 6) is 1.50. The van der Waals surface area contributed by atoms with Crippen molar-refractivity contribution in [3.8, 4) is 22.1 Å². The summed E-state index contributed by atoms with van der Waals surface area (Å²) in [5.41, 5.74) is 5.56. The average Bonchev–Trinajstić information content (AvgIpc) is 3.56. The van der Waals surface area contributed by atoms with E-state index in [-0.39, 0.29) is 10.8 Å². The van der Waals surface area contributed by atoms with Crippen LogP contribution < -0.4 is 9.61 Å². The molecule has 2 heterocycles. The largest absolute Gasteiger partial charge is 0.494 e. The Morgan fingerprint density at radius 1 is 1.05 bits per heavy atom. The van der Waals surface area contributed by atoms with E-state index < -0.39 is 0 Å². The van der Waals surface area contributed by atoms with Gasteiger partial charge in [-0.2, -0.15) is 0 Å². The molecule has 0 bridgehead atoms. The van der Waals surface area contributed by atoms with Crippen LogP contribution >= 0.6 is 11.3 Å². The number of nitrogens with one attached hydrogen (secondary N) is 1. The first-order valence-corrected chi connectivity index (χ1v) is 14.6. The standard InChI is InChI=1S/C33H37NO5S/c1-3-10-24(2)30(18-17-28-23-37-22-27(28)16-15-25-11-5-4-6-12-25)39-20-8-7-19-38-29-14-9-13-26(21-29)31-32(35)34-33(36)40-31/h4-6,9,11-14,17-18,21-23,35H,3,7-8,10,15-16,19-20H2,1-2H3,(H,34,36). The average molecular weight is 560 g/mol. The second-order valence-electron chi connectivity index (χ2n) is 9.69. The van der Waals surface area contributed by atoms with Crippen molar-refractivity contribution in [2.75, 3.05) is 13.2 Å². The van der Waals surface area contributed by atoms with Crippen LogP contribution in [0.5, 0.6) is 11.6 Å². The molecule has 0 aliphatic rings. The quantitative estimate of drug-likeness (QED) is 0.0872. The molecule has 2 N–H and O–H groups in total. The summed E-state index contributed by atoms with van der Waals surface area (Å²) in [7, 11) is 0. The third-order valence-electron chi connectivity index (χ3n) is 6.55. The summed E-state index contributed by atoms with van der Waals surface area (Å²) >= 11 is 0.976. The van der Waals surface area contributed by atoms with Gasteiger partial charge in [0.1, 0.15) is 11.5 Å². The maximum atomic E-state index is 11.5. The number of hydrogen-bond acceptors (Lipinski definition) is 6. The summed E-state index contributed by atoms with van der Waals surface area (Å²) in [6.45, 7) is 5.45. The number of thiazole rings is 1. The number of hydrogen-bond donors (Lipinski definition) is 2. The van der Waals surface area contributed by atoms with E-state index in [4.69, 9.17) is 13.9 Å². The van der Waals surface area contributed by atoms with Crippen LogP contribution in [0.4, 0.5) is 0 Å². The van der Waals surface area contributed by atoms with Crippen LogP contribution in [0.3, 0.4) is 0 Å². The molecule has 7 heteroatoms. The van der Waals surface area contributed by atoms with Crippen molar-refractivity contribution in [2.24, 2.45) is 0 Å². The van der Waals surface area contributed by atoms with Gasteiger partial charge in [-0.15, -0.1) is 0 Å². The van der Waals surface area contributed by atoms with Crippen molar-refractivity contribution in [1.29, 1.82) is 0 Å². The first-order valence-electron chi connectivity index (χ1n) is 13.8. The number of benzene rings is 2. The van der Waals surface area contributed by atoms with E-state index in [9.17, 15) is 9.90 Å². The Morgan fingerprint density at radius 3 is 2.65 bits per heavy atom. The smallest absolute Gasteiger partial charge is 0.307 e. The number of unbranched alkanes of at least 4 members (excludes halogenated alkanes) is 1. The predicted octanol–water partition coefficient (Wildman–Crippen LogP) is 8.15. The molecule has 2 aromatic heterocycles. The van der Waals surface area contributed by atoms with E-state index in [1.165, 1.54) is 16.7 Å². The molecule has 6 nitrogen and oxygen atoms in total. The second-order valence-corrected chi connectivity index (χ2v) is 10.7. The van der Waals surface area contributed by atoms with Gasteiger partial charge in [-0.25, -0.2) is 0 Å². The molecule has 0 saturated heterocycles. The minimum atomic E-state index is -0.287. The lowest BCUT2D eigenvalue weighted by Crippen LogP contribution is -2.02. The van der Waals surface area contributed by atoms with Crippen LogP contribution in [0.15, 0.2) is 93.7 Å². The Bertz CT molecular complexity index is 1460. The lowest BCUT2D eigenvalue weighted by molar-refractivity contribution is 0.202. The van der Waals surface area contributed by atoms with E-state index in [0.717, 1.165) is 66.7 Å². The fraction of sp³-hybridized carbons (Fsp3) is 0.303. The molecule has 0 atom stereocenters. The van der Waals surface area contributed by atoms with Gasteiger partial charge in [0.2, 0.25) is 5.88 Å². The third-order valence-corrected chi connectivity index (χ3v) is 7.47. The van der Waals surface area contributed by atoms with Gasteiger partial charge in [-0.1, -0.05) is 67.1 Å². The minimum absolute atomic E-state index is 0.114. The summed E-state index contributed by atoms with van der Waals surface area (Å²) in [4.78, 5) is 14.1. The van der Waals surface area contributed by atoms with Gasteiger partial charge >= 0.3 is 4.87 Å². The summed E-state index contributed by atoms with van der Waals surface area (Å²) in [6, 6.07) is 17.9. The lowest BCUT2D eigenvalue weighted by atomic mass is 10.0. The SMILES string of the molecule is CCCC(C)=C(C=Cc1cocc1CCc1ccccc1)OCCCCOc1cccc(-c2sc(=O)[nH]c2O)c1. The summed E-state index contributed by atoms with van der Waals surface area (Å²) in [6.07, 6.45) is 13.4. The Morgan fingerprint density at radius 2 is 1.88 bits per heavy atom. The minimum Gasteiger partial charge on any atom is -0.494 e. The molecule has 0 aliphatic carbocycles. The zero-order chi connectivity index (χ0) is 28.2. The molecule has 210 valence electrons. The molecule has 0 amide bonds. The number of H-pyrrole nitrogens is 1. The molecule has 0 saturated carbocycles. The first kappa shape index (κ1) is 29.0. The van der Waals surface area contributed by atoms with Crippen molar-refractivity contribution in [3.05, 3.63) is 111 Å². The highest BCUT2D eigenvalue weighted by atomic mass is 32.1. The maximum Gasteiger partial charge on any atom is 0.307 e. The zero-order valence-electron chi connectivity index (χ0n) is 23.2. The van der Waals surface area contributed by atoms with Crippen molar-refractivity contribution in [1.82, 2.24) is 4.98 Å². The number of ether oxygens (including phenoxy) is 2. The lowest BCUT2D eigenvalue weighted by Gasteiger charge is -2.12. The Hall–Kier alpha value is -3.97. The van der Waals surface area contributed by atoms with Crippen LogP contribution in [0.25, 0.3) is 16.5 Å². The number of aromatic nitrogens is 1. The highest BCUT2D eigenvalue weighted by Crippen LogP contribution is 2.32. The molecule has 4 aromatic rings. The van der Waals surface area contributed by atoms with Crippen LogP contribution in [-0.2, 0) is 17.6 Å². The van der Waals surface area contributed by atoms with E-state index in [0.29, 0.717) is 23.8 Å². The molecule has 4 rings (SSSR count). The van der Waals surface area contributed by atoms with E-state index in [1.54, 1.807) is 6.26 Å². The third kappa shape index (κ3) is 8.52. The number of aryl methyl sites for hydroxylation is 2. The summed E-state index contributed by atoms with van der Waals surface area (Å²) in [5, 5.41) is 9.93. The van der Waals surface area contributed by atoms with Gasteiger partial charge < -0.3 is 19.0 Å². The number of aromatic amines is 1. The fourth-order valence-corrected chi connectivity index (χ4v) is 5.13. The van der Waals surface area contributed by atoms with E-state index in [1.807, 2.05) is 36.6 Å². The normalized spacial score (nSPS) is 12.1. The number of aromatic hydroxyl groups is 1. The Kier molecular flexibility index (Phi) is 10.9. The molecular formula is C33H37NO5S. The van der Waals surface area contributed by atoms with Crippen molar-refractivity contribution in [2.45, 2.75) is 52.4 Å². The molecule has 0 unspecified atom stereocenters. The van der Waals surface area contributed by atoms with E-state index in [2.05, 4.69) is 55.2 Å². The van der Waals surface area contributed by atoms with Gasteiger partial charge in [0.05, 0.1) is 30.6 Å². The molecule has 0 radical (unpaired) electrons. The van der Waals surface area contributed by atoms with Gasteiger partial charge in [0, 0.05) is 11.1 Å². The Balaban J connectivity index is 1.26. The molecule has 0 aliphatic heterocycles. The van der Waals surface area contributed by atoms with E-state index >= 15 is 0 Å². The van der Waals surface area contributed by atoms with Gasteiger partial charge in [-0.05, 0) is 80.0 Å². The molecule has 0 fully saturated rings. The van der Waals surface area contributed by atoms with Crippen LogP contribution in [0.2, 0.25) is 0 Å². The number of rotatable bonds is 15. The predicted molar refractivity (Wildman–Crippen MR) is 162 cm³/mol. The summed E-state index contributed by atoms with van der Waals surface area (Å²) < 4.78 is 17.7. The zero-order valence-corrected chi connectivity index (χ0v) is 24.0. The van der Waals surface area contributed by atoms with Crippen molar-refractivity contribution >= 4 is 17.4 Å².